The highest BCUT2D eigenvalue weighted by atomic mass is 79.9. The molecule has 1 fully saturated rings. The molecule has 0 bridgehead atoms. The van der Waals surface area contributed by atoms with Crippen molar-refractivity contribution in [1.82, 2.24) is 19.7 Å². The second-order valence-electron chi connectivity index (χ2n) is 4.58. The quantitative estimate of drug-likeness (QED) is 0.792. The Kier molecular flexibility index (Phi) is 2.90. The molecule has 1 aliphatic rings. The predicted molar refractivity (Wildman–Crippen MR) is 73.3 cm³/mol. The molecule has 0 spiro atoms. The lowest BCUT2D eigenvalue weighted by atomic mass is 10.4. The molecule has 2 aromatic heterocycles. The van der Waals surface area contributed by atoms with Gasteiger partial charge < -0.3 is 0 Å². The molecule has 2 aromatic rings. The lowest BCUT2D eigenvalue weighted by molar-refractivity contribution is 0.780. The molecule has 4 nitrogen and oxygen atoms in total. The average Bonchev–Trinajstić information content (AvgIpc) is 3.13. The fraction of sp³-hybridized carbons (Fsp3) is 0.417. The van der Waals surface area contributed by atoms with Crippen LogP contribution in [0.3, 0.4) is 0 Å². The van der Waals surface area contributed by atoms with Gasteiger partial charge in [0.2, 0.25) is 0 Å². The van der Waals surface area contributed by atoms with Gasteiger partial charge in [0.1, 0.15) is 11.0 Å². The first kappa shape index (κ1) is 12.1. The van der Waals surface area contributed by atoms with Crippen LogP contribution in [0.4, 0.5) is 0 Å². The van der Waals surface area contributed by atoms with Crippen molar-refractivity contribution < 1.29 is 0 Å². The molecule has 2 heterocycles. The van der Waals surface area contributed by atoms with E-state index in [1.807, 2.05) is 13.8 Å². The molecular weight excluding hydrogens is 316 g/mol. The zero-order chi connectivity index (χ0) is 12.9. The van der Waals surface area contributed by atoms with Gasteiger partial charge in [-0.15, -0.1) is 0 Å². The Bertz CT molecular complexity index is 619. The van der Waals surface area contributed by atoms with Crippen LogP contribution >= 0.6 is 27.5 Å². The van der Waals surface area contributed by atoms with E-state index in [1.54, 1.807) is 10.7 Å². The summed E-state index contributed by atoms with van der Waals surface area (Å²) in [6, 6.07) is 1.75. The van der Waals surface area contributed by atoms with Gasteiger partial charge >= 0.3 is 0 Å². The third-order valence-corrected chi connectivity index (χ3v) is 4.40. The number of aryl methyl sites for hydroxylation is 1. The Morgan fingerprint density at radius 2 is 2.06 bits per heavy atom. The van der Waals surface area contributed by atoms with E-state index >= 15 is 0 Å². The number of hydrogen-bond acceptors (Lipinski definition) is 3. The van der Waals surface area contributed by atoms with E-state index in [0.29, 0.717) is 11.1 Å². The second-order valence-corrected chi connectivity index (χ2v) is 5.76. The molecule has 6 heteroatoms. The van der Waals surface area contributed by atoms with Crippen molar-refractivity contribution in [3.8, 4) is 5.82 Å². The highest BCUT2D eigenvalue weighted by molar-refractivity contribution is 9.10. The fourth-order valence-corrected chi connectivity index (χ4v) is 2.33. The number of rotatable bonds is 2. The van der Waals surface area contributed by atoms with Crippen molar-refractivity contribution in [2.45, 2.75) is 32.6 Å². The molecule has 0 N–H and O–H groups in total. The van der Waals surface area contributed by atoms with E-state index in [2.05, 4.69) is 31.0 Å². The standard InChI is InChI=1S/C12H12BrClN4/c1-6-11(13)7(2)18(17-6)10-5-9(14)15-12(16-10)8-3-4-8/h5,8H,3-4H2,1-2H3. The van der Waals surface area contributed by atoms with Crippen molar-refractivity contribution in [3.05, 3.63) is 32.9 Å². The molecule has 1 saturated carbocycles. The summed E-state index contributed by atoms with van der Waals surface area (Å²) < 4.78 is 2.81. The van der Waals surface area contributed by atoms with Crippen LogP contribution in [0.25, 0.3) is 5.82 Å². The van der Waals surface area contributed by atoms with E-state index in [1.165, 1.54) is 0 Å². The summed E-state index contributed by atoms with van der Waals surface area (Å²) in [6.07, 6.45) is 2.31. The first-order valence-electron chi connectivity index (χ1n) is 5.83. The molecule has 0 unspecified atom stereocenters. The molecule has 1 aliphatic carbocycles. The second kappa shape index (κ2) is 4.31. The monoisotopic (exact) mass is 326 g/mol. The smallest absolute Gasteiger partial charge is 0.158 e. The van der Waals surface area contributed by atoms with Gasteiger partial charge in [-0.25, -0.2) is 14.6 Å². The number of halogens is 2. The summed E-state index contributed by atoms with van der Waals surface area (Å²) in [6.45, 7) is 3.95. The maximum Gasteiger partial charge on any atom is 0.158 e. The maximum atomic E-state index is 6.07. The zero-order valence-corrected chi connectivity index (χ0v) is 12.5. The van der Waals surface area contributed by atoms with Gasteiger partial charge in [0, 0.05) is 12.0 Å². The summed E-state index contributed by atoms with van der Waals surface area (Å²) in [4.78, 5) is 8.85. The average molecular weight is 328 g/mol. The molecule has 0 aromatic carbocycles. The van der Waals surface area contributed by atoms with Crippen LogP contribution in [0.5, 0.6) is 0 Å². The summed E-state index contributed by atoms with van der Waals surface area (Å²) >= 11 is 9.58. The lowest BCUT2D eigenvalue weighted by Gasteiger charge is -2.06. The van der Waals surface area contributed by atoms with Gasteiger partial charge in [-0.1, -0.05) is 11.6 Å². The Hall–Kier alpha value is -0.940. The van der Waals surface area contributed by atoms with Gasteiger partial charge in [0.25, 0.3) is 0 Å². The van der Waals surface area contributed by atoms with Crippen molar-refractivity contribution in [2.75, 3.05) is 0 Å². The van der Waals surface area contributed by atoms with Crippen LogP contribution in [-0.2, 0) is 0 Å². The van der Waals surface area contributed by atoms with Crippen molar-refractivity contribution in [1.29, 1.82) is 0 Å². The van der Waals surface area contributed by atoms with E-state index in [-0.39, 0.29) is 0 Å². The largest absolute Gasteiger partial charge is 0.221 e. The fourth-order valence-electron chi connectivity index (χ4n) is 1.90. The number of aromatic nitrogens is 4. The summed E-state index contributed by atoms with van der Waals surface area (Å²) in [5.74, 6) is 2.05. The number of nitrogens with zero attached hydrogens (tertiary/aromatic N) is 4. The van der Waals surface area contributed by atoms with E-state index in [9.17, 15) is 0 Å². The molecule has 0 radical (unpaired) electrons. The Balaban J connectivity index is 2.12. The van der Waals surface area contributed by atoms with Crippen LogP contribution < -0.4 is 0 Å². The zero-order valence-electron chi connectivity index (χ0n) is 10.1. The Morgan fingerprint density at radius 3 is 2.61 bits per heavy atom. The van der Waals surface area contributed by atoms with Crippen LogP contribution in [0.1, 0.15) is 36.0 Å². The Morgan fingerprint density at radius 1 is 1.33 bits per heavy atom. The molecule has 18 heavy (non-hydrogen) atoms. The van der Waals surface area contributed by atoms with Gasteiger partial charge in [0.15, 0.2) is 5.82 Å². The molecule has 0 saturated heterocycles. The van der Waals surface area contributed by atoms with Gasteiger partial charge in [-0.05, 0) is 42.6 Å². The topological polar surface area (TPSA) is 43.6 Å². The minimum absolute atomic E-state index is 0.475. The normalized spacial score (nSPS) is 15.1. The van der Waals surface area contributed by atoms with Crippen molar-refractivity contribution >= 4 is 27.5 Å². The van der Waals surface area contributed by atoms with Crippen LogP contribution in [-0.4, -0.2) is 19.7 Å². The van der Waals surface area contributed by atoms with E-state index in [0.717, 1.165) is 40.3 Å². The molecular formula is C12H12BrClN4. The summed E-state index contributed by atoms with van der Waals surface area (Å²) in [7, 11) is 0. The molecule has 0 aliphatic heterocycles. The van der Waals surface area contributed by atoms with E-state index in [4.69, 9.17) is 11.6 Å². The molecule has 94 valence electrons. The highest BCUT2D eigenvalue weighted by Crippen LogP contribution is 2.38. The van der Waals surface area contributed by atoms with Crippen LogP contribution in [0.2, 0.25) is 5.15 Å². The van der Waals surface area contributed by atoms with Gasteiger partial charge in [0.05, 0.1) is 15.9 Å². The SMILES string of the molecule is Cc1nn(-c2cc(Cl)nc(C3CC3)n2)c(C)c1Br. The molecule has 3 rings (SSSR count). The first-order valence-corrected chi connectivity index (χ1v) is 7.00. The first-order chi connectivity index (χ1) is 8.56. The summed E-state index contributed by atoms with van der Waals surface area (Å²) in [5, 5.41) is 4.94. The van der Waals surface area contributed by atoms with Crippen molar-refractivity contribution in [2.24, 2.45) is 0 Å². The predicted octanol–water partition coefficient (Wildman–Crippen LogP) is 3.57. The number of hydrogen-bond donors (Lipinski definition) is 0. The summed E-state index contributed by atoms with van der Waals surface area (Å²) in [5.41, 5.74) is 1.96. The van der Waals surface area contributed by atoms with E-state index < -0.39 is 0 Å². The minimum Gasteiger partial charge on any atom is -0.221 e. The van der Waals surface area contributed by atoms with Gasteiger partial charge in [-0.3, -0.25) is 0 Å². The third-order valence-electron chi connectivity index (χ3n) is 3.06. The lowest BCUT2D eigenvalue weighted by Crippen LogP contribution is -2.05. The maximum absolute atomic E-state index is 6.07. The Labute approximate surface area is 119 Å². The molecule has 0 amide bonds. The van der Waals surface area contributed by atoms with Crippen LogP contribution in [0, 0.1) is 13.8 Å². The minimum atomic E-state index is 0.475. The molecule has 0 atom stereocenters. The van der Waals surface area contributed by atoms with Gasteiger partial charge in [-0.2, -0.15) is 5.10 Å². The van der Waals surface area contributed by atoms with Crippen LogP contribution in [0.15, 0.2) is 10.5 Å². The van der Waals surface area contributed by atoms with Crippen molar-refractivity contribution in [3.63, 3.8) is 0 Å². The third kappa shape index (κ3) is 2.06. The highest BCUT2D eigenvalue weighted by Gasteiger charge is 2.27.